The predicted molar refractivity (Wildman–Crippen MR) is 70.3 cm³/mol. The van der Waals surface area contributed by atoms with E-state index in [0.717, 1.165) is 19.5 Å². The van der Waals surface area contributed by atoms with Gasteiger partial charge in [-0.25, -0.2) is 4.39 Å². The van der Waals surface area contributed by atoms with E-state index in [1.54, 1.807) is 18.2 Å². The number of anilines is 1. The van der Waals surface area contributed by atoms with Gasteiger partial charge in [0, 0.05) is 13.1 Å². The van der Waals surface area contributed by atoms with Gasteiger partial charge in [-0.15, -0.1) is 0 Å². The molecule has 100 valence electrons. The third-order valence-corrected chi connectivity index (χ3v) is 3.46. The second kappa shape index (κ2) is 4.99. The van der Waals surface area contributed by atoms with Crippen LogP contribution in [-0.4, -0.2) is 23.2 Å². The van der Waals surface area contributed by atoms with Crippen LogP contribution in [0.3, 0.4) is 0 Å². The highest BCUT2D eigenvalue weighted by Gasteiger charge is 2.22. The molecule has 1 aliphatic heterocycles. The largest absolute Gasteiger partial charge is 0.324 e. The Kier molecular flexibility index (Phi) is 3.19. The number of piperidine rings is 1. The molecule has 0 spiro atoms. The Labute approximate surface area is 111 Å². The van der Waals surface area contributed by atoms with E-state index in [1.165, 1.54) is 12.5 Å². The van der Waals surface area contributed by atoms with Crippen molar-refractivity contribution in [1.82, 2.24) is 10.1 Å². The molecule has 1 aromatic carbocycles. The van der Waals surface area contributed by atoms with Crippen LogP contribution in [0.25, 0.3) is 11.4 Å². The molecule has 0 bridgehead atoms. The van der Waals surface area contributed by atoms with Crippen LogP contribution in [0.4, 0.5) is 10.4 Å². The highest BCUT2D eigenvalue weighted by molar-refractivity contribution is 5.56. The number of aromatic nitrogens is 2. The van der Waals surface area contributed by atoms with Crippen LogP contribution in [-0.2, 0) is 0 Å². The van der Waals surface area contributed by atoms with Crippen LogP contribution in [0.2, 0.25) is 0 Å². The summed E-state index contributed by atoms with van der Waals surface area (Å²) in [6, 6.07) is 6.95. The second-order valence-electron chi connectivity index (χ2n) is 5.07. The van der Waals surface area contributed by atoms with Gasteiger partial charge < -0.3 is 9.42 Å². The number of nitrogens with zero attached hydrogens (tertiary/aromatic N) is 3. The minimum Gasteiger partial charge on any atom is -0.324 e. The van der Waals surface area contributed by atoms with E-state index in [1.807, 2.05) is 0 Å². The van der Waals surface area contributed by atoms with E-state index in [4.69, 9.17) is 4.52 Å². The van der Waals surface area contributed by atoms with Crippen LogP contribution in [0, 0.1) is 11.7 Å². The molecule has 3 rings (SSSR count). The summed E-state index contributed by atoms with van der Waals surface area (Å²) in [4.78, 5) is 6.38. The normalized spacial score (nSPS) is 19.7. The molecule has 2 heterocycles. The van der Waals surface area contributed by atoms with Gasteiger partial charge in [0.2, 0.25) is 5.82 Å². The van der Waals surface area contributed by atoms with E-state index in [-0.39, 0.29) is 5.82 Å². The van der Waals surface area contributed by atoms with Crippen LogP contribution >= 0.6 is 0 Å². The SMILES string of the molecule is C[C@@H]1CCCN(c2nc(-c3ccccc3F)no2)C1. The van der Waals surface area contributed by atoms with Gasteiger partial charge in [-0.1, -0.05) is 24.2 Å². The number of halogens is 1. The molecule has 4 nitrogen and oxygen atoms in total. The second-order valence-corrected chi connectivity index (χ2v) is 5.07. The van der Waals surface area contributed by atoms with E-state index in [9.17, 15) is 4.39 Å². The lowest BCUT2D eigenvalue weighted by Crippen LogP contribution is -2.34. The third kappa shape index (κ3) is 2.45. The smallest absolute Gasteiger partial charge is 0.324 e. The first-order valence-electron chi connectivity index (χ1n) is 6.57. The Bertz CT molecular complexity index is 569. The van der Waals surface area contributed by atoms with Crippen molar-refractivity contribution in [3.8, 4) is 11.4 Å². The zero-order valence-electron chi connectivity index (χ0n) is 10.8. The van der Waals surface area contributed by atoms with Crippen molar-refractivity contribution in [2.45, 2.75) is 19.8 Å². The Balaban J connectivity index is 1.85. The number of hydrogen-bond acceptors (Lipinski definition) is 4. The Morgan fingerprint density at radius 1 is 1.37 bits per heavy atom. The summed E-state index contributed by atoms with van der Waals surface area (Å²) in [6.45, 7) is 4.04. The van der Waals surface area contributed by atoms with Crippen molar-refractivity contribution >= 4 is 6.01 Å². The zero-order valence-corrected chi connectivity index (χ0v) is 10.8. The molecule has 19 heavy (non-hydrogen) atoms. The van der Waals surface area contributed by atoms with Crippen molar-refractivity contribution in [3.05, 3.63) is 30.1 Å². The van der Waals surface area contributed by atoms with Crippen molar-refractivity contribution in [2.24, 2.45) is 5.92 Å². The lowest BCUT2D eigenvalue weighted by molar-refractivity contribution is 0.376. The zero-order chi connectivity index (χ0) is 13.2. The molecule has 1 fully saturated rings. The van der Waals surface area contributed by atoms with Gasteiger partial charge in [0.25, 0.3) is 0 Å². The van der Waals surface area contributed by atoms with Crippen molar-refractivity contribution in [1.29, 1.82) is 0 Å². The van der Waals surface area contributed by atoms with Gasteiger partial charge >= 0.3 is 6.01 Å². The lowest BCUT2D eigenvalue weighted by Gasteiger charge is -2.28. The Morgan fingerprint density at radius 2 is 2.21 bits per heavy atom. The summed E-state index contributed by atoms with van der Waals surface area (Å²) in [5, 5.41) is 3.88. The fourth-order valence-electron chi connectivity index (χ4n) is 2.46. The summed E-state index contributed by atoms with van der Waals surface area (Å²) < 4.78 is 18.9. The molecule has 0 amide bonds. The van der Waals surface area contributed by atoms with Crippen LogP contribution in [0.1, 0.15) is 19.8 Å². The van der Waals surface area contributed by atoms with Crippen molar-refractivity contribution < 1.29 is 8.91 Å². The topological polar surface area (TPSA) is 42.2 Å². The molecular weight excluding hydrogens is 245 g/mol. The van der Waals surface area contributed by atoms with Gasteiger partial charge in [0.1, 0.15) is 5.82 Å². The Morgan fingerprint density at radius 3 is 3.00 bits per heavy atom. The van der Waals surface area contributed by atoms with E-state index >= 15 is 0 Å². The van der Waals surface area contributed by atoms with Crippen molar-refractivity contribution in [2.75, 3.05) is 18.0 Å². The molecule has 0 aliphatic carbocycles. The predicted octanol–water partition coefficient (Wildman–Crippen LogP) is 3.11. The summed E-state index contributed by atoms with van der Waals surface area (Å²) >= 11 is 0. The van der Waals surface area contributed by atoms with E-state index in [2.05, 4.69) is 22.0 Å². The molecule has 1 atom stereocenters. The minimum absolute atomic E-state index is 0.311. The molecule has 2 aromatic rings. The first-order chi connectivity index (χ1) is 9.24. The maximum absolute atomic E-state index is 13.7. The lowest BCUT2D eigenvalue weighted by atomic mass is 10.0. The highest BCUT2D eigenvalue weighted by Crippen LogP contribution is 2.25. The fraction of sp³-hybridized carbons (Fsp3) is 0.429. The summed E-state index contributed by atoms with van der Waals surface area (Å²) in [6.07, 6.45) is 2.35. The number of benzene rings is 1. The van der Waals surface area contributed by atoms with Crippen molar-refractivity contribution in [3.63, 3.8) is 0 Å². The maximum atomic E-state index is 13.7. The van der Waals surface area contributed by atoms with E-state index < -0.39 is 0 Å². The quantitative estimate of drug-likeness (QED) is 0.833. The molecule has 0 unspecified atom stereocenters. The summed E-state index contributed by atoms with van der Waals surface area (Å²) in [5.41, 5.74) is 0.377. The van der Waals surface area contributed by atoms with Gasteiger partial charge in [0.15, 0.2) is 0 Å². The molecule has 1 saturated heterocycles. The van der Waals surface area contributed by atoms with Gasteiger partial charge in [0.05, 0.1) is 5.56 Å². The maximum Gasteiger partial charge on any atom is 0.324 e. The van der Waals surface area contributed by atoms with Gasteiger partial charge in [-0.3, -0.25) is 0 Å². The Hall–Kier alpha value is -1.91. The molecule has 0 saturated carbocycles. The minimum atomic E-state index is -0.332. The average molecular weight is 261 g/mol. The third-order valence-electron chi connectivity index (χ3n) is 3.46. The molecule has 0 radical (unpaired) electrons. The standard InChI is InChI=1S/C14H16FN3O/c1-10-5-4-8-18(9-10)14-16-13(17-19-14)11-6-2-3-7-12(11)15/h2-3,6-7,10H,4-5,8-9H2,1H3/t10-/m1/s1. The van der Waals surface area contributed by atoms with Gasteiger partial charge in [-0.2, -0.15) is 4.98 Å². The van der Waals surface area contributed by atoms with Crippen LogP contribution in [0.15, 0.2) is 28.8 Å². The summed E-state index contributed by atoms with van der Waals surface area (Å²) in [7, 11) is 0. The first-order valence-corrected chi connectivity index (χ1v) is 6.57. The number of hydrogen-bond donors (Lipinski definition) is 0. The van der Waals surface area contributed by atoms with Gasteiger partial charge in [-0.05, 0) is 30.9 Å². The average Bonchev–Trinajstić information content (AvgIpc) is 2.89. The first kappa shape index (κ1) is 12.1. The number of rotatable bonds is 2. The van der Waals surface area contributed by atoms with E-state index in [0.29, 0.717) is 23.3 Å². The van der Waals surface area contributed by atoms with Crippen LogP contribution in [0.5, 0.6) is 0 Å². The molecular formula is C14H16FN3O. The monoisotopic (exact) mass is 261 g/mol. The molecule has 1 aliphatic rings. The van der Waals surface area contributed by atoms with Crippen LogP contribution < -0.4 is 4.90 Å². The summed E-state index contributed by atoms with van der Waals surface area (Å²) in [5.74, 6) is 0.603. The molecule has 0 N–H and O–H groups in total. The highest BCUT2D eigenvalue weighted by atomic mass is 19.1. The molecule has 5 heteroatoms. The fourth-order valence-corrected chi connectivity index (χ4v) is 2.46. The molecule has 1 aromatic heterocycles.